The average molecular weight is 292 g/mol. The highest BCUT2D eigenvalue weighted by atomic mass is 16.3. The number of aromatic nitrogens is 1. The van der Waals surface area contributed by atoms with E-state index in [-0.39, 0.29) is 12.5 Å². The molecule has 1 fully saturated rings. The Morgan fingerprint density at radius 3 is 2.90 bits per heavy atom. The first-order valence-corrected chi connectivity index (χ1v) is 7.54. The SMILES string of the molecule is CCC[C@@]1(CO)CN(C(=O)c2cccc(C)n2)CC[C@H]1O. The van der Waals surface area contributed by atoms with Gasteiger partial charge in [-0.3, -0.25) is 4.79 Å². The Morgan fingerprint density at radius 1 is 1.52 bits per heavy atom. The number of hydrogen-bond acceptors (Lipinski definition) is 4. The van der Waals surface area contributed by atoms with Crippen LogP contribution < -0.4 is 0 Å². The molecule has 1 saturated heterocycles. The number of amides is 1. The van der Waals surface area contributed by atoms with Gasteiger partial charge in [-0.05, 0) is 31.9 Å². The molecule has 0 unspecified atom stereocenters. The summed E-state index contributed by atoms with van der Waals surface area (Å²) in [5, 5.41) is 20.0. The minimum atomic E-state index is -0.605. The molecule has 2 atom stereocenters. The van der Waals surface area contributed by atoms with Crippen LogP contribution in [0.1, 0.15) is 42.4 Å². The maximum atomic E-state index is 12.6. The van der Waals surface area contributed by atoms with Crippen molar-refractivity contribution in [1.82, 2.24) is 9.88 Å². The fraction of sp³-hybridized carbons (Fsp3) is 0.625. The summed E-state index contributed by atoms with van der Waals surface area (Å²) in [6.45, 7) is 4.65. The van der Waals surface area contributed by atoms with Crippen LogP contribution in [0, 0.1) is 12.3 Å². The molecule has 0 aromatic carbocycles. The van der Waals surface area contributed by atoms with Crippen molar-refractivity contribution < 1.29 is 15.0 Å². The Morgan fingerprint density at radius 2 is 2.29 bits per heavy atom. The molecule has 116 valence electrons. The molecular weight excluding hydrogens is 268 g/mol. The van der Waals surface area contributed by atoms with Gasteiger partial charge in [-0.15, -0.1) is 0 Å². The molecule has 2 heterocycles. The lowest BCUT2D eigenvalue weighted by molar-refractivity contribution is -0.0721. The van der Waals surface area contributed by atoms with Crippen LogP contribution in [0.2, 0.25) is 0 Å². The molecule has 0 bridgehead atoms. The zero-order chi connectivity index (χ0) is 15.5. The molecule has 1 amide bonds. The Kier molecular flexibility index (Phi) is 4.96. The van der Waals surface area contributed by atoms with E-state index in [1.807, 2.05) is 26.0 Å². The van der Waals surface area contributed by atoms with Gasteiger partial charge < -0.3 is 15.1 Å². The summed E-state index contributed by atoms with van der Waals surface area (Å²) in [6.07, 6.45) is 1.51. The first-order valence-electron chi connectivity index (χ1n) is 7.54. The number of aliphatic hydroxyl groups is 2. The number of piperidine rings is 1. The lowest BCUT2D eigenvalue weighted by Crippen LogP contribution is -2.55. The first-order chi connectivity index (χ1) is 10.0. The predicted octanol–water partition coefficient (Wildman–Crippen LogP) is 1.38. The highest BCUT2D eigenvalue weighted by Crippen LogP contribution is 2.35. The van der Waals surface area contributed by atoms with Gasteiger partial charge in [0.25, 0.3) is 5.91 Å². The van der Waals surface area contributed by atoms with Crippen LogP contribution in [0.25, 0.3) is 0 Å². The van der Waals surface area contributed by atoms with Crippen molar-refractivity contribution in [3.8, 4) is 0 Å². The number of aliphatic hydroxyl groups excluding tert-OH is 2. The highest BCUT2D eigenvalue weighted by molar-refractivity contribution is 5.92. The van der Waals surface area contributed by atoms with Crippen molar-refractivity contribution in [3.63, 3.8) is 0 Å². The molecule has 5 heteroatoms. The van der Waals surface area contributed by atoms with E-state index in [4.69, 9.17) is 0 Å². The van der Waals surface area contributed by atoms with E-state index in [1.54, 1.807) is 11.0 Å². The standard InChI is InChI=1S/C16H24N2O3/c1-3-8-16(11-19)10-18(9-7-14(16)20)15(21)13-6-4-5-12(2)17-13/h4-6,14,19-20H,3,7-11H2,1-2H3/t14-,16+/m1/s1. The number of pyridine rings is 1. The summed E-state index contributed by atoms with van der Waals surface area (Å²) in [6, 6.07) is 5.38. The van der Waals surface area contributed by atoms with Crippen molar-refractivity contribution in [2.24, 2.45) is 5.41 Å². The molecule has 21 heavy (non-hydrogen) atoms. The monoisotopic (exact) mass is 292 g/mol. The van der Waals surface area contributed by atoms with E-state index >= 15 is 0 Å². The number of nitrogens with zero attached hydrogens (tertiary/aromatic N) is 2. The molecule has 1 aromatic rings. The van der Waals surface area contributed by atoms with Crippen molar-refractivity contribution in [3.05, 3.63) is 29.6 Å². The molecule has 5 nitrogen and oxygen atoms in total. The largest absolute Gasteiger partial charge is 0.396 e. The van der Waals surface area contributed by atoms with E-state index in [2.05, 4.69) is 4.98 Å². The number of aryl methyl sites for hydroxylation is 1. The molecule has 1 aliphatic rings. The fourth-order valence-electron chi connectivity index (χ4n) is 3.12. The molecule has 0 saturated carbocycles. The van der Waals surface area contributed by atoms with Crippen molar-refractivity contribution in [1.29, 1.82) is 0 Å². The lowest BCUT2D eigenvalue weighted by atomic mass is 9.74. The predicted molar refractivity (Wildman–Crippen MR) is 79.9 cm³/mol. The van der Waals surface area contributed by atoms with Gasteiger partial charge in [0.05, 0.1) is 12.7 Å². The van der Waals surface area contributed by atoms with E-state index in [0.717, 1.165) is 12.1 Å². The van der Waals surface area contributed by atoms with Gasteiger partial charge in [0.15, 0.2) is 0 Å². The molecule has 1 aromatic heterocycles. The van der Waals surface area contributed by atoms with Gasteiger partial charge in [0.2, 0.25) is 0 Å². The van der Waals surface area contributed by atoms with Gasteiger partial charge in [0.1, 0.15) is 5.69 Å². The van der Waals surface area contributed by atoms with Gasteiger partial charge in [0, 0.05) is 24.2 Å². The summed E-state index contributed by atoms with van der Waals surface area (Å²) < 4.78 is 0. The van der Waals surface area contributed by atoms with Crippen LogP contribution in [-0.4, -0.2) is 51.8 Å². The van der Waals surface area contributed by atoms with E-state index in [9.17, 15) is 15.0 Å². The van der Waals surface area contributed by atoms with Crippen molar-refractivity contribution in [2.45, 2.75) is 39.2 Å². The van der Waals surface area contributed by atoms with Crippen LogP contribution in [0.3, 0.4) is 0 Å². The molecule has 2 rings (SSSR count). The third-order valence-electron chi connectivity index (χ3n) is 4.34. The van der Waals surface area contributed by atoms with Crippen molar-refractivity contribution in [2.75, 3.05) is 19.7 Å². The van der Waals surface area contributed by atoms with Crippen molar-refractivity contribution >= 4 is 5.91 Å². The van der Waals surface area contributed by atoms with Crippen LogP contribution >= 0.6 is 0 Å². The molecule has 1 aliphatic heterocycles. The van der Waals surface area contributed by atoms with Crippen LogP contribution in [0.5, 0.6) is 0 Å². The Balaban J connectivity index is 2.19. The van der Waals surface area contributed by atoms with E-state index < -0.39 is 11.5 Å². The molecule has 0 aliphatic carbocycles. The minimum Gasteiger partial charge on any atom is -0.396 e. The van der Waals surface area contributed by atoms with Gasteiger partial charge >= 0.3 is 0 Å². The van der Waals surface area contributed by atoms with Gasteiger partial charge in [-0.25, -0.2) is 4.98 Å². The second kappa shape index (κ2) is 6.54. The molecule has 0 spiro atoms. The van der Waals surface area contributed by atoms with Gasteiger partial charge in [-0.2, -0.15) is 0 Å². The summed E-state index contributed by atoms with van der Waals surface area (Å²) in [7, 11) is 0. The Hall–Kier alpha value is -1.46. The molecular formula is C16H24N2O3. The maximum absolute atomic E-state index is 12.6. The first kappa shape index (κ1) is 15.9. The maximum Gasteiger partial charge on any atom is 0.272 e. The van der Waals surface area contributed by atoms with Crippen LogP contribution in [0.15, 0.2) is 18.2 Å². The third-order valence-corrected chi connectivity index (χ3v) is 4.34. The number of carbonyl (C=O) groups is 1. The number of hydrogen-bond donors (Lipinski definition) is 2. The second-order valence-electron chi connectivity index (χ2n) is 5.97. The summed E-state index contributed by atoms with van der Waals surface area (Å²) >= 11 is 0. The number of carbonyl (C=O) groups excluding carboxylic acids is 1. The minimum absolute atomic E-state index is 0.104. The number of rotatable bonds is 4. The fourth-order valence-corrected chi connectivity index (χ4v) is 3.12. The molecule has 2 N–H and O–H groups in total. The highest BCUT2D eigenvalue weighted by Gasteiger charge is 2.43. The van der Waals surface area contributed by atoms with E-state index in [1.165, 1.54) is 0 Å². The normalized spacial score (nSPS) is 25.9. The summed E-state index contributed by atoms with van der Waals surface area (Å²) in [5.41, 5.74) is 0.626. The van der Waals surface area contributed by atoms with E-state index in [0.29, 0.717) is 31.6 Å². The lowest BCUT2D eigenvalue weighted by Gasteiger charge is -2.45. The topological polar surface area (TPSA) is 73.7 Å². The smallest absolute Gasteiger partial charge is 0.272 e. The Labute approximate surface area is 125 Å². The number of likely N-dealkylation sites (tertiary alicyclic amines) is 1. The van der Waals surface area contributed by atoms with Gasteiger partial charge in [-0.1, -0.05) is 19.4 Å². The zero-order valence-electron chi connectivity index (χ0n) is 12.7. The Bertz CT molecular complexity index is 506. The second-order valence-corrected chi connectivity index (χ2v) is 5.97. The average Bonchev–Trinajstić information content (AvgIpc) is 2.49. The molecule has 0 radical (unpaired) electrons. The zero-order valence-corrected chi connectivity index (χ0v) is 12.7. The summed E-state index contributed by atoms with van der Waals surface area (Å²) in [5.74, 6) is -0.125. The van der Waals surface area contributed by atoms with Crippen LogP contribution in [0.4, 0.5) is 0 Å². The third kappa shape index (κ3) is 3.24. The van der Waals surface area contributed by atoms with Crippen LogP contribution in [-0.2, 0) is 0 Å². The quantitative estimate of drug-likeness (QED) is 0.879. The summed E-state index contributed by atoms with van der Waals surface area (Å²) in [4.78, 5) is 18.5.